The third-order valence-corrected chi connectivity index (χ3v) is 3.82. The molecule has 0 spiro atoms. The molecular formula is C14H10ClN2S. The number of amidine groups is 1. The van der Waals surface area contributed by atoms with Crippen LogP contribution >= 0.6 is 23.4 Å². The van der Waals surface area contributed by atoms with Crippen molar-refractivity contribution >= 4 is 40.6 Å². The molecule has 2 nitrogen and oxygen atoms in total. The van der Waals surface area contributed by atoms with E-state index in [4.69, 9.17) is 11.6 Å². The van der Waals surface area contributed by atoms with Gasteiger partial charge in [-0.1, -0.05) is 23.7 Å². The Kier molecular flexibility index (Phi) is 3.26. The first-order valence-corrected chi connectivity index (χ1v) is 6.94. The third kappa shape index (κ3) is 2.52. The van der Waals surface area contributed by atoms with Crippen LogP contribution in [0.1, 0.15) is 0 Å². The van der Waals surface area contributed by atoms with E-state index >= 15 is 0 Å². The first-order valence-electron chi connectivity index (χ1n) is 5.58. The van der Waals surface area contributed by atoms with Crippen molar-refractivity contribution in [1.82, 2.24) is 5.32 Å². The Morgan fingerprint density at radius 2 is 1.67 bits per heavy atom. The van der Waals surface area contributed by atoms with E-state index in [0.29, 0.717) is 0 Å². The van der Waals surface area contributed by atoms with E-state index in [0.717, 1.165) is 28.0 Å². The van der Waals surface area contributed by atoms with Gasteiger partial charge < -0.3 is 0 Å². The smallest absolute Gasteiger partial charge is 0.140 e. The number of nitrogens with zero attached hydrogens (tertiary/aromatic N) is 2. The molecule has 0 aromatic heterocycles. The predicted molar refractivity (Wildman–Crippen MR) is 77.5 cm³/mol. The molecule has 1 aliphatic heterocycles. The van der Waals surface area contributed by atoms with Gasteiger partial charge in [-0.2, -0.15) is 0 Å². The molecule has 0 bridgehead atoms. The minimum Gasteiger partial charge on any atom is -0.230 e. The maximum atomic E-state index is 5.85. The highest BCUT2D eigenvalue weighted by Crippen LogP contribution is 2.31. The van der Waals surface area contributed by atoms with E-state index in [-0.39, 0.29) is 0 Å². The highest BCUT2D eigenvalue weighted by atomic mass is 35.5. The topological polar surface area (TPSA) is 26.5 Å². The molecule has 89 valence electrons. The van der Waals surface area contributed by atoms with Gasteiger partial charge in [0.05, 0.1) is 17.1 Å². The Balaban J connectivity index is 1.65. The van der Waals surface area contributed by atoms with Crippen LogP contribution in [0.3, 0.4) is 0 Å². The van der Waals surface area contributed by atoms with Crippen molar-refractivity contribution in [2.45, 2.75) is 4.90 Å². The van der Waals surface area contributed by atoms with Crippen molar-refractivity contribution in [2.24, 2.45) is 4.99 Å². The highest BCUT2D eigenvalue weighted by Gasteiger charge is 2.14. The van der Waals surface area contributed by atoms with Crippen molar-refractivity contribution in [3.8, 4) is 0 Å². The summed E-state index contributed by atoms with van der Waals surface area (Å²) in [6, 6.07) is 15.7. The van der Waals surface area contributed by atoms with Gasteiger partial charge in [-0.3, -0.25) is 0 Å². The summed E-state index contributed by atoms with van der Waals surface area (Å²) in [5.41, 5.74) is 1.92. The van der Waals surface area contributed by atoms with E-state index < -0.39 is 0 Å². The number of aliphatic imine (C=N–C) groups is 1. The zero-order valence-corrected chi connectivity index (χ0v) is 11.1. The summed E-state index contributed by atoms with van der Waals surface area (Å²) in [5, 5.41) is 5.25. The Morgan fingerprint density at radius 1 is 0.944 bits per heavy atom. The maximum Gasteiger partial charge on any atom is 0.140 e. The summed E-state index contributed by atoms with van der Waals surface area (Å²) in [4.78, 5) is 5.66. The summed E-state index contributed by atoms with van der Waals surface area (Å²) < 4.78 is 0. The van der Waals surface area contributed by atoms with Crippen molar-refractivity contribution in [3.63, 3.8) is 0 Å². The van der Waals surface area contributed by atoms with Gasteiger partial charge in [0.2, 0.25) is 0 Å². The molecule has 0 atom stereocenters. The molecule has 2 aromatic carbocycles. The Morgan fingerprint density at radius 3 is 2.39 bits per heavy atom. The molecule has 0 N–H and O–H groups in total. The van der Waals surface area contributed by atoms with Crippen molar-refractivity contribution in [1.29, 1.82) is 0 Å². The van der Waals surface area contributed by atoms with E-state index in [1.807, 2.05) is 48.5 Å². The van der Waals surface area contributed by atoms with E-state index in [1.54, 1.807) is 11.8 Å². The molecule has 0 amide bonds. The second kappa shape index (κ2) is 5.04. The lowest BCUT2D eigenvalue weighted by Crippen LogP contribution is -2.08. The average molecular weight is 274 g/mol. The lowest BCUT2D eigenvalue weighted by Gasteiger charge is -2.01. The Hall–Kier alpha value is -1.45. The molecule has 4 heteroatoms. The van der Waals surface area contributed by atoms with Crippen LogP contribution in [0.25, 0.3) is 0 Å². The quantitative estimate of drug-likeness (QED) is 0.761. The molecule has 0 aliphatic carbocycles. The second-order valence-electron chi connectivity index (χ2n) is 3.87. The first kappa shape index (κ1) is 11.6. The van der Waals surface area contributed by atoms with Gasteiger partial charge in [0.1, 0.15) is 5.84 Å². The number of thioether (sulfide) groups is 1. The molecule has 2 aromatic rings. The van der Waals surface area contributed by atoms with Crippen LogP contribution in [0.2, 0.25) is 5.02 Å². The zero-order chi connectivity index (χ0) is 12.4. The molecule has 0 fully saturated rings. The van der Waals surface area contributed by atoms with Crippen LogP contribution in [-0.4, -0.2) is 11.6 Å². The van der Waals surface area contributed by atoms with Gasteiger partial charge in [-0.05, 0) is 36.4 Å². The second-order valence-corrected chi connectivity index (χ2v) is 5.36. The summed E-state index contributed by atoms with van der Waals surface area (Å²) in [6.45, 7) is 0. The fourth-order valence-electron chi connectivity index (χ4n) is 1.70. The van der Waals surface area contributed by atoms with Crippen LogP contribution in [0, 0.1) is 0 Å². The van der Waals surface area contributed by atoms with Gasteiger partial charge >= 0.3 is 0 Å². The number of hydrogen-bond acceptors (Lipinski definition) is 2. The lowest BCUT2D eigenvalue weighted by molar-refractivity contribution is 1.30. The van der Waals surface area contributed by atoms with E-state index in [9.17, 15) is 0 Å². The van der Waals surface area contributed by atoms with E-state index in [1.165, 1.54) is 4.90 Å². The van der Waals surface area contributed by atoms with Crippen LogP contribution in [0.15, 0.2) is 58.4 Å². The normalized spacial score (nSPS) is 12.8. The monoisotopic (exact) mass is 273 g/mol. The van der Waals surface area contributed by atoms with Gasteiger partial charge in [0, 0.05) is 9.92 Å². The number of benzene rings is 2. The number of hydrogen-bond donors (Lipinski definition) is 0. The maximum absolute atomic E-state index is 5.85. The van der Waals surface area contributed by atoms with Gasteiger partial charge in [0.15, 0.2) is 0 Å². The minimum atomic E-state index is 0.759. The summed E-state index contributed by atoms with van der Waals surface area (Å²) in [6.07, 6.45) is 0. The zero-order valence-electron chi connectivity index (χ0n) is 9.51. The number of para-hydroxylation sites is 2. The van der Waals surface area contributed by atoms with Crippen LogP contribution in [0.4, 0.5) is 11.4 Å². The fourth-order valence-corrected chi connectivity index (χ4v) is 2.58. The number of rotatable bonds is 3. The summed E-state index contributed by atoms with van der Waals surface area (Å²) >= 11 is 7.56. The molecule has 1 radical (unpaired) electrons. The van der Waals surface area contributed by atoms with Crippen LogP contribution in [-0.2, 0) is 0 Å². The molecule has 3 rings (SSSR count). The Labute approximate surface area is 115 Å². The molecule has 1 heterocycles. The molecule has 1 aliphatic rings. The van der Waals surface area contributed by atoms with Crippen LogP contribution < -0.4 is 5.32 Å². The summed E-state index contributed by atoms with van der Waals surface area (Å²) in [5.74, 6) is 1.65. The number of fused-ring (bicyclic) bond motifs is 1. The fraction of sp³-hybridized carbons (Fsp3) is 0.0714. The first-order chi connectivity index (χ1) is 8.81. The SMILES string of the molecule is Clc1ccc(SCC2=Nc3ccccc3[N]2)cc1. The molecule has 0 saturated heterocycles. The van der Waals surface area contributed by atoms with E-state index in [2.05, 4.69) is 10.3 Å². The average Bonchev–Trinajstić information content (AvgIpc) is 2.81. The molecule has 0 saturated carbocycles. The minimum absolute atomic E-state index is 0.759. The van der Waals surface area contributed by atoms with Crippen LogP contribution in [0.5, 0.6) is 0 Å². The lowest BCUT2D eigenvalue weighted by atomic mass is 10.3. The highest BCUT2D eigenvalue weighted by molar-refractivity contribution is 8.00. The van der Waals surface area contributed by atoms with Crippen molar-refractivity contribution in [2.75, 3.05) is 5.75 Å². The molecule has 0 unspecified atom stereocenters. The molecule has 18 heavy (non-hydrogen) atoms. The van der Waals surface area contributed by atoms with Gasteiger partial charge in [0.25, 0.3) is 0 Å². The van der Waals surface area contributed by atoms with Crippen molar-refractivity contribution in [3.05, 3.63) is 53.6 Å². The predicted octanol–water partition coefficient (Wildman–Crippen LogP) is 4.41. The third-order valence-electron chi connectivity index (χ3n) is 2.56. The standard InChI is InChI=1S/C14H10ClN2S/c15-10-5-7-11(8-6-10)18-9-14-16-12-3-1-2-4-13(12)17-14/h1-8H,9H2. The number of halogens is 1. The van der Waals surface area contributed by atoms with Crippen molar-refractivity contribution < 1.29 is 0 Å². The van der Waals surface area contributed by atoms with Gasteiger partial charge in [-0.15, -0.1) is 11.8 Å². The molecular weight excluding hydrogens is 264 g/mol. The van der Waals surface area contributed by atoms with Gasteiger partial charge in [-0.25, -0.2) is 10.3 Å². The summed E-state index contributed by atoms with van der Waals surface area (Å²) in [7, 11) is 0. The largest absolute Gasteiger partial charge is 0.230 e. The Bertz CT molecular complexity index is 593.